The van der Waals surface area contributed by atoms with Gasteiger partial charge in [0.2, 0.25) is 0 Å². The molecule has 178 valence electrons. The fraction of sp³-hybridized carbons (Fsp3) is 0.241. The van der Waals surface area contributed by atoms with Gasteiger partial charge < -0.3 is 14.8 Å². The smallest absolute Gasteiger partial charge is 0.174 e. The van der Waals surface area contributed by atoms with Crippen LogP contribution in [0.2, 0.25) is 0 Å². The quantitative estimate of drug-likeness (QED) is 0.321. The minimum atomic E-state index is -0.302. The van der Waals surface area contributed by atoms with Gasteiger partial charge in [-0.1, -0.05) is 43.3 Å². The summed E-state index contributed by atoms with van der Waals surface area (Å²) in [5, 5.41) is 3.93. The lowest BCUT2D eigenvalue weighted by molar-refractivity contribution is 0.556. The molecule has 0 bridgehead atoms. The third kappa shape index (κ3) is 3.92. The molecule has 35 heavy (non-hydrogen) atoms. The first kappa shape index (κ1) is 23.2. The summed E-state index contributed by atoms with van der Waals surface area (Å²) in [6.07, 6.45) is 2.73. The van der Waals surface area contributed by atoms with E-state index in [0.717, 1.165) is 29.1 Å². The van der Waals surface area contributed by atoms with Crippen LogP contribution in [0.15, 0.2) is 72.9 Å². The average molecular weight is 485 g/mol. The van der Waals surface area contributed by atoms with Gasteiger partial charge in [0.15, 0.2) is 5.11 Å². The third-order valence-corrected chi connectivity index (χ3v) is 7.24. The number of thiocarbonyl (C=S) groups is 1. The van der Waals surface area contributed by atoms with Gasteiger partial charge in [-0.05, 0) is 86.4 Å². The first-order chi connectivity index (χ1) is 16.9. The third-order valence-electron chi connectivity index (χ3n) is 6.92. The van der Waals surface area contributed by atoms with Gasteiger partial charge in [0.1, 0.15) is 5.82 Å². The zero-order valence-corrected chi connectivity index (χ0v) is 21.2. The van der Waals surface area contributed by atoms with E-state index in [4.69, 9.17) is 12.2 Å². The highest BCUT2D eigenvalue weighted by molar-refractivity contribution is 7.80. The van der Waals surface area contributed by atoms with Crippen molar-refractivity contribution in [1.29, 1.82) is 0 Å². The van der Waals surface area contributed by atoms with E-state index in [2.05, 4.69) is 66.8 Å². The van der Waals surface area contributed by atoms with E-state index in [0.29, 0.717) is 10.8 Å². The zero-order valence-electron chi connectivity index (χ0n) is 20.4. The second kappa shape index (κ2) is 9.27. The Hall–Kier alpha value is -3.51. The summed E-state index contributed by atoms with van der Waals surface area (Å²) in [6.45, 7) is 8.61. The van der Waals surface area contributed by atoms with Crippen molar-refractivity contribution >= 4 is 23.0 Å². The second-order valence-electron chi connectivity index (χ2n) is 9.05. The number of anilines is 1. The number of para-hydroxylation sites is 2. The summed E-state index contributed by atoms with van der Waals surface area (Å²) >= 11 is 5.79. The highest BCUT2D eigenvalue weighted by Gasteiger charge is 2.43. The second-order valence-corrected chi connectivity index (χ2v) is 9.43. The first-order valence-electron chi connectivity index (χ1n) is 11.9. The maximum Gasteiger partial charge on any atom is 0.174 e. The zero-order chi connectivity index (χ0) is 24.7. The summed E-state index contributed by atoms with van der Waals surface area (Å²) in [5.41, 5.74) is 8.42. The number of hydrogen-bond acceptors (Lipinski definition) is 2. The van der Waals surface area contributed by atoms with Crippen LogP contribution >= 0.6 is 12.2 Å². The van der Waals surface area contributed by atoms with E-state index >= 15 is 4.39 Å². The minimum Gasteiger partial charge on any atom is -0.351 e. The molecule has 0 radical (unpaired) electrons. The normalized spacial score (nSPS) is 17.6. The van der Waals surface area contributed by atoms with Crippen molar-refractivity contribution in [2.24, 2.45) is 0 Å². The molecule has 5 rings (SSSR count). The molecule has 2 aromatic heterocycles. The SMILES string of the molecule is CCc1cccc(C)c1-n1c(C)cc(C2C(c3ccccn3)NC(=S)N2c2ccccc2F)c1C. The fourth-order valence-corrected chi connectivity index (χ4v) is 5.67. The molecule has 0 aliphatic carbocycles. The maximum absolute atomic E-state index is 15.1. The number of halogens is 1. The topological polar surface area (TPSA) is 33.1 Å². The molecular formula is C29H29FN4S. The van der Waals surface area contributed by atoms with Crippen molar-refractivity contribution < 1.29 is 4.39 Å². The molecule has 4 nitrogen and oxygen atoms in total. The molecule has 1 fully saturated rings. The minimum absolute atomic E-state index is 0.222. The van der Waals surface area contributed by atoms with Gasteiger partial charge in [-0.25, -0.2) is 4.39 Å². The van der Waals surface area contributed by atoms with Crippen LogP contribution in [-0.2, 0) is 6.42 Å². The molecule has 6 heteroatoms. The lowest BCUT2D eigenvalue weighted by Gasteiger charge is -2.28. The Morgan fingerprint density at radius 3 is 2.49 bits per heavy atom. The fourth-order valence-electron chi connectivity index (χ4n) is 5.33. The molecule has 2 unspecified atom stereocenters. The first-order valence-corrected chi connectivity index (χ1v) is 12.4. The summed E-state index contributed by atoms with van der Waals surface area (Å²) in [7, 11) is 0. The van der Waals surface area contributed by atoms with E-state index < -0.39 is 0 Å². The van der Waals surface area contributed by atoms with Gasteiger partial charge in [-0.15, -0.1) is 0 Å². The highest BCUT2D eigenvalue weighted by Crippen LogP contribution is 2.44. The van der Waals surface area contributed by atoms with Gasteiger partial charge >= 0.3 is 0 Å². The lowest BCUT2D eigenvalue weighted by atomic mass is 9.96. The molecule has 1 saturated heterocycles. The van der Waals surface area contributed by atoms with Crippen LogP contribution < -0.4 is 10.2 Å². The average Bonchev–Trinajstić information content (AvgIpc) is 3.35. The number of aromatic nitrogens is 2. The van der Waals surface area contributed by atoms with Crippen LogP contribution in [0.25, 0.3) is 5.69 Å². The van der Waals surface area contributed by atoms with Gasteiger partial charge in [0.25, 0.3) is 0 Å². The largest absolute Gasteiger partial charge is 0.351 e. The molecule has 1 aliphatic rings. The molecule has 0 amide bonds. The van der Waals surface area contributed by atoms with E-state index in [1.54, 1.807) is 18.3 Å². The number of rotatable bonds is 5. The Bertz CT molecular complexity index is 1400. The number of nitrogens with one attached hydrogen (secondary N) is 1. The molecular weight excluding hydrogens is 455 g/mol. The van der Waals surface area contributed by atoms with Crippen molar-refractivity contribution in [1.82, 2.24) is 14.9 Å². The monoisotopic (exact) mass is 484 g/mol. The molecule has 3 heterocycles. The Balaban J connectivity index is 1.73. The number of aryl methyl sites for hydroxylation is 3. The Kier molecular flexibility index (Phi) is 6.15. The van der Waals surface area contributed by atoms with Crippen LogP contribution in [0, 0.1) is 26.6 Å². The van der Waals surface area contributed by atoms with Crippen LogP contribution in [0.1, 0.15) is 52.8 Å². The Morgan fingerprint density at radius 2 is 1.77 bits per heavy atom. The van der Waals surface area contributed by atoms with E-state index in [1.165, 1.54) is 22.9 Å². The molecule has 1 N–H and O–H groups in total. The van der Waals surface area contributed by atoms with Crippen LogP contribution in [-0.4, -0.2) is 14.7 Å². The van der Waals surface area contributed by atoms with Crippen molar-refractivity contribution in [3.05, 3.63) is 113 Å². The number of hydrogen-bond donors (Lipinski definition) is 1. The van der Waals surface area contributed by atoms with Gasteiger partial charge in [0, 0.05) is 17.6 Å². The van der Waals surface area contributed by atoms with Crippen molar-refractivity contribution in [3.8, 4) is 5.69 Å². The summed E-state index contributed by atoms with van der Waals surface area (Å²) < 4.78 is 17.4. The van der Waals surface area contributed by atoms with Crippen molar-refractivity contribution in [2.75, 3.05) is 4.90 Å². The van der Waals surface area contributed by atoms with Crippen LogP contribution in [0.5, 0.6) is 0 Å². The molecule has 0 spiro atoms. The number of pyridine rings is 1. The number of nitrogens with zero attached hydrogens (tertiary/aromatic N) is 3. The lowest BCUT2D eigenvalue weighted by Crippen LogP contribution is -2.30. The Labute approximate surface area is 211 Å². The summed E-state index contributed by atoms with van der Waals surface area (Å²) in [4.78, 5) is 6.54. The predicted octanol–water partition coefficient (Wildman–Crippen LogP) is 6.68. The molecule has 0 saturated carbocycles. The highest BCUT2D eigenvalue weighted by atomic mass is 32.1. The van der Waals surface area contributed by atoms with Crippen molar-refractivity contribution in [2.45, 2.75) is 46.2 Å². The Morgan fingerprint density at radius 1 is 1.00 bits per heavy atom. The van der Waals surface area contributed by atoms with Crippen LogP contribution in [0.3, 0.4) is 0 Å². The van der Waals surface area contributed by atoms with Gasteiger partial charge in [-0.2, -0.15) is 0 Å². The van der Waals surface area contributed by atoms with E-state index in [9.17, 15) is 0 Å². The standard InChI is InChI=1S/C29H29FN4S/c1-5-21-12-10-11-18(2)27(21)33-19(3)17-22(20(33)4)28-26(24-14-8-9-16-31-24)32-29(35)34(28)25-15-7-6-13-23(25)30/h6-17,26,28H,5H2,1-4H3,(H,32,35). The van der Waals surface area contributed by atoms with E-state index in [-0.39, 0.29) is 17.9 Å². The molecule has 2 atom stereocenters. The summed E-state index contributed by atoms with van der Waals surface area (Å²) in [5.74, 6) is -0.302. The van der Waals surface area contributed by atoms with Crippen LogP contribution in [0.4, 0.5) is 10.1 Å². The van der Waals surface area contributed by atoms with E-state index in [1.807, 2.05) is 29.2 Å². The maximum atomic E-state index is 15.1. The predicted molar refractivity (Wildman–Crippen MR) is 144 cm³/mol. The molecule has 1 aliphatic heterocycles. The van der Waals surface area contributed by atoms with Gasteiger partial charge in [0.05, 0.1) is 29.2 Å². The molecule has 2 aromatic carbocycles. The van der Waals surface area contributed by atoms with Crippen molar-refractivity contribution in [3.63, 3.8) is 0 Å². The molecule has 4 aromatic rings. The number of benzene rings is 2. The summed E-state index contributed by atoms with van der Waals surface area (Å²) in [6, 6.07) is 20.9. The van der Waals surface area contributed by atoms with Gasteiger partial charge in [-0.3, -0.25) is 4.98 Å².